The van der Waals surface area contributed by atoms with E-state index in [-0.39, 0.29) is 5.91 Å². The zero-order valence-electron chi connectivity index (χ0n) is 17.1. The van der Waals surface area contributed by atoms with Crippen molar-refractivity contribution in [2.45, 2.75) is 52.1 Å². The third kappa shape index (κ3) is 6.68. The van der Waals surface area contributed by atoms with E-state index in [0.29, 0.717) is 19.1 Å². The smallest absolute Gasteiger partial charge is 0.220 e. The number of nitrogens with zero attached hydrogens (tertiary/aromatic N) is 1. The van der Waals surface area contributed by atoms with Crippen LogP contribution < -0.4 is 10.1 Å². The largest absolute Gasteiger partial charge is 0.494 e. The molecule has 0 saturated carbocycles. The lowest BCUT2D eigenvalue weighted by atomic mass is 10.0. The van der Waals surface area contributed by atoms with Gasteiger partial charge in [0.25, 0.3) is 0 Å². The minimum Gasteiger partial charge on any atom is -0.494 e. The number of hydrogen-bond donors (Lipinski definition) is 1. The van der Waals surface area contributed by atoms with Crippen molar-refractivity contribution in [2.75, 3.05) is 19.7 Å². The molecule has 28 heavy (non-hydrogen) atoms. The molecule has 1 aliphatic rings. The summed E-state index contributed by atoms with van der Waals surface area (Å²) in [6, 6.07) is 17.0. The summed E-state index contributed by atoms with van der Waals surface area (Å²) in [5.41, 5.74) is 3.87. The maximum atomic E-state index is 12.2. The summed E-state index contributed by atoms with van der Waals surface area (Å²) in [6.45, 7) is 7.83. The van der Waals surface area contributed by atoms with Crippen LogP contribution >= 0.6 is 0 Å². The molecule has 0 aromatic heterocycles. The van der Waals surface area contributed by atoms with Gasteiger partial charge in [0.05, 0.1) is 6.61 Å². The fourth-order valence-electron chi connectivity index (χ4n) is 3.73. The number of hydrogen-bond acceptors (Lipinski definition) is 3. The number of carbonyl (C=O) groups is 1. The average Bonchev–Trinajstić information content (AvgIpc) is 2.67. The number of benzene rings is 2. The Kier molecular flexibility index (Phi) is 7.49. The summed E-state index contributed by atoms with van der Waals surface area (Å²) in [6.07, 6.45) is 3.32. The Labute approximate surface area is 168 Å². The number of likely N-dealkylation sites (tertiary alicyclic amines) is 1. The van der Waals surface area contributed by atoms with E-state index in [2.05, 4.69) is 41.4 Å². The number of nitrogens with one attached hydrogen (secondary N) is 1. The van der Waals surface area contributed by atoms with Gasteiger partial charge in [-0.2, -0.15) is 0 Å². The zero-order chi connectivity index (χ0) is 19.8. The monoisotopic (exact) mass is 380 g/mol. The van der Waals surface area contributed by atoms with Crippen molar-refractivity contribution in [3.05, 3.63) is 65.2 Å². The van der Waals surface area contributed by atoms with E-state index in [0.717, 1.165) is 44.6 Å². The molecule has 0 bridgehead atoms. The molecule has 1 heterocycles. The van der Waals surface area contributed by atoms with Crippen LogP contribution in [0.3, 0.4) is 0 Å². The van der Waals surface area contributed by atoms with Crippen LogP contribution in [0.25, 0.3) is 0 Å². The predicted molar refractivity (Wildman–Crippen MR) is 114 cm³/mol. The minimum atomic E-state index is 0.143. The maximum Gasteiger partial charge on any atom is 0.220 e. The number of amides is 1. The lowest BCUT2D eigenvalue weighted by Crippen LogP contribution is -2.44. The lowest BCUT2D eigenvalue weighted by Gasteiger charge is -2.32. The summed E-state index contributed by atoms with van der Waals surface area (Å²) in [7, 11) is 0. The van der Waals surface area contributed by atoms with Crippen molar-refractivity contribution >= 4 is 5.91 Å². The molecule has 1 aliphatic heterocycles. The van der Waals surface area contributed by atoms with Crippen LogP contribution in [-0.2, 0) is 11.3 Å². The minimum absolute atomic E-state index is 0.143. The predicted octanol–water partition coefficient (Wildman–Crippen LogP) is 4.24. The van der Waals surface area contributed by atoms with Gasteiger partial charge in [0.1, 0.15) is 5.75 Å². The molecule has 1 saturated heterocycles. The van der Waals surface area contributed by atoms with Crippen molar-refractivity contribution in [3.63, 3.8) is 0 Å². The van der Waals surface area contributed by atoms with Gasteiger partial charge in [0.2, 0.25) is 5.91 Å². The fraction of sp³-hybridized carbons (Fsp3) is 0.458. The molecule has 2 aromatic carbocycles. The lowest BCUT2D eigenvalue weighted by molar-refractivity contribution is -0.122. The topological polar surface area (TPSA) is 41.6 Å². The molecule has 1 N–H and O–H groups in total. The SMILES string of the molecule is Cc1cccc(CN2CCC(NC(=O)CCCOc3cccc(C)c3)CC2)c1. The normalized spacial score (nSPS) is 15.4. The Balaban J connectivity index is 1.30. The first-order chi connectivity index (χ1) is 13.6. The highest BCUT2D eigenvalue weighted by atomic mass is 16.5. The average molecular weight is 381 g/mol. The van der Waals surface area contributed by atoms with E-state index in [1.807, 2.05) is 31.2 Å². The molecule has 0 unspecified atom stereocenters. The molecule has 2 aromatic rings. The molecule has 0 atom stereocenters. The second-order valence-corrected chi connectivity index (χ2v) is 7.88. The van der Waals surface area contributed by atoms with Crippen LogP contribution in [0.4, 0.5) is 0 Å². The van der Waals surface area contributed by atoms with Crippen LogP contribution in [-0.4, -0.2) is 36.5 Å². The standard InChI is InChI=1S/C24H32N2O2/c1-19-6-3-8-21(16-19)18-26-13-11-22(12-14-26)25-24(27)10-5-15-28-23-9-4-7-20(2)17-23/h3-4,6-9,16-17,22H,5,10-15,18H2,1-2H3,(H,25,27). The van der Waals surface area contributed by atoms with Crippen LogP contribution in [0.5, 0.6) is 5.75 Å². The van der Waals surface area contributed by atoms with Crippen molar-refractivity contribution < 1.29 is 9.53 Å². The van der Waals surface area contributed by atoms with Gasteiger partial charge in [0, 0.05) is 32.1 Å². The molecule has 150 valence electrons. The number of aryl methyl sites for hydroxylation is 2. The van der Waals surface area contributed by atoms with Crippen LogP contribution in [0.15, 0.2) is 48.5 Å². The highest BCUT2D eigenvalue weighted by Crippen LogP contribution is 2.15. The van der Waals surface area contributed by atoms with Gasteiger partial charge in [-0.1, -0.05) is 42.0 Å². The molecule has 0 spiro atoms. The summed E-state index contributed by atoms with van der Waals surface area (Å²) in [4.78, 5) is 14.7. The molecule has 3 rings (SSSR count). The van der Waals surface area contributed by atoms with Gasteiger partial charge in [-0.05, 0) is 56.4 Å². The van der Waals surface area contributed by atoms with Crippen molar-refractivity contribution in [3.8, 4) is 5.75 Å². The van der Waals surface area contributed by atoms with Crippen LogP contribution in [0.1, 0.15) is 42.4 Å². The van der Waals surface area contributed by atoms with E-state index in [9.17, 15) is 4.79 Å². The number of carbonyl (C=O) groups excluding carboxylic acids is 1. The first kappa shape index (κ1) is 20.4. The Hall–Kier alpha value is -2.33. The zero-order valence-corrected chi connectivity index (χ0v) is 17.1. The Morgan fingerprint density at radius 1 is 1.07 bits per heavy atom. The van der Waals surface area contributed by atoms with Gasteiger partial charge < -0.3 is 10.1 Å². The van der Waals surface area contributed by atoms with Crippen molar-refractivity contribution in [1.82, 2.24) is 10.2 Å². The maximum absolute atomic E-state index is 12.2. The fourth-order valence-corrected chi connectivity index (χ4v) is 3.73. The van der Waals surface area contributed by atoms with Crippen molar-refractivity contribution in [1.29, 1.82) is 0 Å². The summed E-state index contributed by atoms with van der Waals surface area (Å²) in [5, 5.41) is 3.20. The van der Waals surface area contributed by atoms with Gasteiger partial charge in [-0.15, -0.1) is 0 Å². The van der Waals surface area contributed by atoms with E-state index in [1.165, 1.54) is 16.7 Å². The molecule has 0 radical (unpaired) electrons. The third-order valence-corrected chi connectivity index (χ3v) is 5.25. The quantitative estimate of drug-likeness (QED) is 0.697. The molecule has 1 amide bonds. The van der Waals surface area contributed by atoms with Crippen LogP contribution in [0, 0.1) is 13.8 Å². The first-order valence-electron chi connectivity index (χ1n) is 10.4. The molecule has 0 aliphatic carbocycles. The Morgan fingerprint density at radius 3 is 2.50 bits per heavy atom. The molecule has 4 heteroatoms. The second-order valence-electron chi connectivity index (χ2n) is 7.88. The van der Waals surface area contributed by atoms with Gasteiger partial charge in [0.15, 0.2) is 0 Å². The van der Waals surface area contributed by atoms with Gasteiger partial charge >= 0.3 is 0 Å². The molecule has 4 nitrogen and oxygen atoms in total. The summed E-state index contributed by atoms with van der Waals surface area (Å²) in [5.74, 6) is 1.02. The van der Waals surface area contributed by atoms with Crippen molar-refractivity contribution in [2.24, 2.45) is 0 Å². The second kappa shape index (κ2) is 10.3. The van der Waals surface area contributed by atoms with Gasteiger partial charge in [-0.3, -0.25) is 9.69 Å². The third-order valence-electron chi connectivity index (χ3n) is 5.25. The Morgan fingerprint density at radius 2 is 1.79 bits per heavy atom. The van der Waals surface area contributed by atoms with E-state index in [4.69, 9.17) is 4.74 Å². The number of ether oxygens (including phenoxy) is 1. The van der Waals surface area contributed by atoms with E-state index in [1.54, 1.807) is 0 Å². The molecular weight excluding hydrogens is 348 g/mol. The number of rotatable bonds is 8. The summed E-state index contributed by atoms with van der Waals surface area (Å²) < 4.78 is 5.72. The van der Waals surface area contributed by atoms with Gasteiger partial charge in [-0.25, -0.2) is 0 Å². The first-order valence-corrected chi connectivity index (χ1v) is 10.4. The number of piperidine rings is 1. The Bertz CT molecular complexity index is 767. The van der Waals surface area contributed by atoms with E-state index >= 15 is 0 Å². The molecule has 1 fully saturated rings. The van der Waals surface area contributed by atoms with E-state index < -0.39 is 0 Å². The summed E-state index contributed by atoms with van der Waals surface area (Å²) >= 11 is 0. The van der Waals surface area contributed by atoms with Crippen LogP contribution in [0.2, 0.25) is 0 Å². The highest BCUT2D eigenvalue weighted by Gasteiger charge is 2.20. The molecular formula is C24H32N2O2. The highest BCUT2D eigenvalue weighted by molar-refractivity contribution is 5.76.